The molecule has 3 aliphatic heterocycles. The normalized spacial score (nSPS) is 19.2. The molecule has 9 heteroatoms. The Kier molecular flexibility index (Phi) is 8.90. The van der Waals surface area contributed by atoms with E-state index in [0.29, 0.717) is 65.1 Å². The highest BCUT2D eigenvalue weighted by Crippen LogP contribution is 2.40. The number of hydrogen-bond donors (Lipinski definition) is 1. The number of fused-ring (bicyclic) bond motifs is 4. The highest BCUT2D eigenvalue weighted by Gasteiger charge is 2.36. The average molecular weight is 696 g/mol. The Balaban J connectivity index is 1.15. The Morgan fingerprint density at radius 3 is 2.51 bits per heavy atom. The number of nitrogens with zero attached hydrogens (tertiary/aromatic N) is 3. The van der Waals surface area contributed by atoms with Crippen LogP contribution < -0.4 is 20.5 Å². The molecule has 2 atom stereocenters. The zero-order valence-electron chi connectivity index (χ0n) is 26.5. The van der Waals surface area contributed by atoms with Gasteiger partial charge in [-0.15, -0.1) is 0 Å². The number of nitrogens with one attached hydrogen (secondary N) is 1. The molecule has 4 heterocycles. The van der Waals surface area contributed by atoms with Crippen molar-refractivity contribution in [1.82, 2.24) is 9.47 Å². The number of rotatable bonds is 7. The molecule has 0 saturated carbocycles. The first kappa shape index (κ1) is 31.2. The van der Waals surface area contributed by atoms with Gasteiger partial charge in [0.15, 0.2) is 0 Å². The van der Waals surface area contributed by atoms with Crippen molar-refractivity contribution in [2.45, 2.75) is 38.1 Å². The van der Waals surface area contributed by atoms with Gasteiger partial charge in [0.2, 0.25) is 0 Å². The summed E-state index contributed by atoms with van der Waals surface area (Å²) in [6, 6.07) is 27.1. The second-order valence-electron chi connectivity index (χ2n) is 13.1. The molecule has 8 nitrogen and oxygen atoms in total. The fourth-order valence-corrected chi connectivity index (χ4v) is 8.03. The Hall–Kier alpha value is -4.37. The Morgan fingerprint density at radius 1 is 0.915 bits per heavy atom. The lowest BCUT2D eigenvalue weighted by Crippen LogP contribution is -2.47. The summed E-state index contributed by atoms with van der Waals surface area (Å²) in [5, 5.41) is 3.15. The third-order valence-electron chi connectivity index (χ3n) is 10.00. The second-order valence-corrected chi connectivity index (χ2v) is 13.9. The minimum Gasteiger partial charge on any atom is -0.497 e. The van der Waals surface area contributed by atoms with E-state index in [1.165, 1.54) is 5.56 Å². The highest BCUT2D eigenvalue weighted by molar-refractivity contribution is 9.10. The number of amides is 2. The molecule has 4 aromatic rings. The number of methoxy groups -OCH3 is 1. The van der Waals surface area contributed by atoms with Crippen molar-refractivity contribution in [3.8, 4) is 5.75 Å². The number of carbonyl (C=O) groups is 2. The summed E-state index contributed by atoms with van der Waals surface area (Å²) in [6.45, 7) is 3.58. The van der Waals surface area contributed by atoms with Gasteiger partial charge in [-0.05, 0) is 101 Å². The van der Waals surface area contributed by atoms with Crippen LogP contribution in [0.5, 0.6) is 5.75 Å². The fourth-order valence-electron chi connectivity index (χ4n) is 7.60. The monoisotopic (exact) mass is 694 g/mol. The van der Waals surface area contributed by atoms with Gasteiger partial charge in [0.1, 0.15) is 5.75 Å². The van der Waals surface area contributed by atoms with Gasteiger partial charge in [0, 0.05) is 60.4 Å². The van der Waals surface area contributed by atoms with Crippen molar-refractivity contribution in [2.75, 3.05) is 43.5 Å². The molecule has 2 amide bonds. The van der Waals surface area contributed by atoms with E-state index in [1.807, 2.05) is 39.8 Å². The van der Waals surface area contributed by atoms with Gasteiger partial charge < -0.3 is 24.4 Å². The first-order chi connectivity index (χ1) is 22.9. The number of ether oxygens (including phenoxy) is 1. The van der Waals surface area contributed by atoms with Crippen molar-refractivity contribution < 1.29 is 14.3 Å². The SMILES string of the molecule is COc1ccc(Br)c(C(=O)Nc2cc(C(=O)N3CCC(Cc4ccccc4)CC3)ccc2N2CC3CC(C2)c2cccc(=O)n2C3)c1. The van der Waals surface area contributed by atoms with E-state index in [-0.39, 0.29) is 23.3 Å². The summed E-state index contributed by atoms with van der Waals surface area (Å²) in [7, 11) is 1.57. The standard InChI is InChI=1S/C38H39BrN4O4/c1-47-30-11-12-32(39)31(21-30)37(45)40-33-20-28(38(46)41-16-14-26(15-17-41)18-25-6-3-2-4-7-25)10-13-35(33)42-22-27-19-29(24-42)34-8-5-9-36(44)43(34)23-27/h2-13,20-21,26-27,29H,14-19,22-24H2,1H3,(H,40,45). The van der Waals surface area contributed by atoms with Crippen molar-refractivity contribution in [3.05, 3.63) is 122 Å². The smallest absolute Gasteiger partial charge is 0.257 e. The molecule has 2 saturated heterocycles. The van der Waals surface area contributed by atoms with Crippen molar-refractivity contribution in [2.24, 2.45) is 11.8 Å². The molecule has 3 aliphatic rings. The van der Waals surface area contributed by atoms with E-state index in [4.69, 9.17) is 4.74 Å². The lowest BCUT2D eigenvalue weighted by molar-refractivity contribution is 0.0690. The molecular formula is C38H39BrN4O4. The number of hydrogen-bond acceptors (Lipinski definition) is 5. The molecule has 242 valence electrons. The predicted molar refractivity (Wildman–Crippen MR) is 188 cm³/mol. The minimum atomic E-state index is -0.294. The summed E-state index contributed by atoms with van der Waals surface area (Å²) in [4.78, 5) is 44.5. The van der Waals surface area contributed by atoms with Crippen LogP contribution >= 0.6 is 15.9 Å². The van der Waals surface area contributed by atoms with E-state index in [0.717, 1.165) is 43.6 Å². The summed E-state index contributed by atoms with van der Waals surface area (Å²) in [5.41, 5.74) is 4.92. The van der Waals surface area contributed by atoms with Gasteiger partial charge in [0.25, 0.3) is 17.4 Å². The lowest BCUT2D eigenvalue weighted by Gasteiger charge is -2.44. The van der Waals surface area contributed by atoms with Crippen LogP contribution in [0.15, 0.2) is 94.2 Å². The summed E-state index contributed by atoms with van der Waals surface area (Å²) in [6.07, 6.45) is 3.99. The molecule has 7 rings (SSSR count). The predicted octanol–water partition coefficient (Wildman–Crippen LogP) is 6.59. The summed E-state index contributed by atoms with van der Waals surface area (Å²) < 4.78 is 7.95. The maximum absolute atomic E-state index is 13.9. The molecular weight excluding hydrogens is 656 g/mol. The Bertz CT molecular complexity index is 1850. The van der Waals surface area contributed by atoms with Gasteiger partial charge in [0.05, 0.1) is 24.0 Å². The summed E-state index contributed by atoms with van der Waals surface area (Å²) in [5.74, 6) is 1.33. The van der Waals surface area contributed by atoms with Crippen LogP contribution in [-0.2, 0) is 13.0 Å². The van der Waals surface area contributed by atoms with E-state index >= 15 is 0 Å². The number of carbonyl (C=O) groups excluding carboxylic acids is 2. The quantitative estimate of drug-likeness (QED) is 0.236. The van der Waals surface area contributed by atoms with Crippen LogP contribution in [0.2, 0.25) is 0 Å². The average Bonchev–Trinajstić information content (AvgIpc) is 3.09. The largest absolute Gasteiger partial charge is 0.497 e. The third-order valence-corrected chi connectivity index (χ3v) is 10.7. The molecule has 0 spiro atoms. The van der Waals surface area contributed by atoms with Crippen LogP contribution in [0.1, 0.15) is 57.2 Å². The van der Waals surface area contributed by atoms with E-state index in [2.05, 4.69) is 56.5 Å². The molecule has 2 bridgehead atoms. The number of anilines is 2. The van der Waals surface area contributed by atoms with Crippen LogP contribution in [0.25, 0.3) is 0 Å². The zero-order chi connectivity index (χ0) is 32.5. The topological polar surface area (TPSA) is 83.9 Å². The minimum absolute atomic E-state index is 0.0170. The van der Waals surface area contributed by atoms with Gasteiger partial charge in [-0.25, -0.2) is 0 Å². The van der Waals surface area contributed by atoms with Gasteiger partial charge in [-0.2, -0.15) is 0 Å². The van der Waals surface area contributed by atoms with Crippen molar-refractivity contribution in [1.29, 1.82) is 0 Å². The number of likely N-dealkylation sites (tertiary alicyclic amines) is 1. The van der Waals surface area contributed by atoms with E-state index in [1.54, 1.807) is 31.4 Å². The first-order valence-corrected chi connectivity index (χ1v) is 17.2. The Labute approximate surface area is 283 Å². The van der Waals surface area contributed by atoms with Crippen LogP contribution in [0, 0.1) is 11.8 Å². The van der Waals surface area contributed by atoms with E-state index in [9.17, 15) is 14.4 Å². The van der Waals surface area contributed by atoms with Gasteiger partial charge >= 0.3 is 0 Å². The molecule has 3 aromatic carbocycles. The molecule has 1 N–H and O–H groups in total. The van der Waals surface area contributed by atoms with Crippen molar-refractivity contribution in [3.63, 3.8) is 0 Å². The number of aromatic nitrogens is 1. The zero-order valence-corrected chi connectivity index (χ0v) is 28.1. The number of halogens is 1. The van der Waals surface area contributed by atoms with Gasteiger partial charge in [-0.3, -0.25) is 14.4 Å². The first-order valence-electron chi connectivity index (χ1n) is 16.4. The van der Waals surface area contributed by atoms with Crippen molar-refractivity contribution >= 4 is 39.1 Å². The number of piperidine rings is 2. The van der Waals surface area contributed by atoms with E-state index < -0.39 is 0 Å². The number of pyridine rings is 1. The number of benzene rings is 3. The molecule has 0 radical (unpaired) electrons. The molecule has 1 aromatic heterocycles. The molecule has 0 aliphatic carbocycles. The van der Waals surface area contributed by atoms with Gasteiger partial charge in [-0.1, -0.05) is 36.4 Å². The highest BCUT2D eigenvalue weighted by atomic mass is 79.9. The molecule has 47 heavy (non-hydrogen) atoms. The molecule has 2 fully saturated rings. The molecule has 2 unspecified atom stereocenters. The van der Waals surface area contributed by atoms with Crippen LogP contribution in [-0.4, -0.2) is 54.6 Å². The third kappa shape index (κ3) is 6.59. The maximum Gasteiger partial charge on any atom is 0.257 e. The lowest BCUT2D eigenvalue weighted by atomic mass is 9.83. The summed E-state index contributed by atoms with van der Waals surface area (Å²) >= 11 is 3.52. The van der Waals surface area contributed by atoms with Crippen LogP contribution in [0.4, 0.5) is 11.4 Å². The Morgan fingerprint density at radius 2 is 1.72 bits per heavy atom. The second kappa shape index (κ2) is 13.4. The maximum atomic E-state index is 13.9. The fraction of sp³-hybridized carbons (Fsp3) is 0.342. The van der Waals surface area contributed by atoms with Crippen LogP contribution in [0.3, 0.4) is 0 Å².